The van der Waals surface area contributed by atoms with Crippen LogP contribution in [0.25, 0.3) is 5.76 Å². The van der Waals surface area contributed by atoms with E-state index in [2.05, 4.69) is 0 Å². The summed E-state index contributed by atoms with van der Waals surface area (Å²) in [6.45, 7) is 7.32. The molecule has 8 nitrogen and oxygen atoms in total. The lowest BCUT2D eigenvalue weighted by molar-refractivity contribution is -0.132. The lowest BCUT2D eigenvalue weighted by Gasteiger charge is -2.26. The number of anilines is 1. The molecule has 1 saturated heterocycles. The number of ether oxygens (including phenoxy) is 2. The number of aliphatic hydroxyl groups excluding tert-OH is 1. The Morgan fingerprint density at radius 3 is 2.31 bits per heavy atom. The van der Waals surface area contributed by atoms with Gasteiger partial charge in [0.2, 0.25) is 0 Å². The molecule has 3 aromatic carbocycles. The Hall–Kier alpha value is -4.90. The van der Waals surface area contributed by atoms with Crippen molar-refractivity contribution in [2.75, 3.05) is 12.0 Å². The van der Waals surface area contributed by atoms with Gasteiger partial charge < -0.3 is 14.6 Å². The van der Waals surface area contributed by atoms with E-state index in [1.54, 1.807) is 48.5 Å². The Morgan fingerprint density at radius 2 is 1.72 bits per heavy atom. The number of amides is 1. The molecule has 3 aromatic rings. The molecule has 0 saturated carbocycles. The number of hydrogen-bond donors (Lipinski definition) is 1. The first-order chi connectivity index (χ1) is 18.5. The first-order valence-corrected chi connectivity index (χ1v) is 12.2. The molecule has 0 aliphatic carbocycles. The fourth-order valence-corrected chi connectivity index (χ4v) is 4.53. The number of benzene rings is 3. The van der Waals surface area contributed by atoms with E-state index in [0.717, 1.165) is 5.56 Å². The standard InChI is InChI=1S/C31H28N2O6/c1-18(34)39-23-8-6-7-20(15-23)27-26(28(35)24-16-21(31(2,3)4)11-14-25(24)38-5)29(36)30(37)33(27)22-12-9-19(17-32)10-13-22/h6-16,27,35H,1-5H3/b28-26+. The largest absolute Gasteiger partial charge is 0.507 e. The highest BCUT2D eigenvalue weighted by molar-refractivity contribution is 6.51. The van der Waals surface area contributed by atoms with Gasteiger partial charge >= 0.3 is 5.97 Å². The van der Waals surface area contributed by atoms with Crippen LogP contribution in [-0.2, 0) is 19.8 Å². The van der Waals surface area contributed by atoms with E-state index < -0.39 is 29.5 Å². The summed E-state index contributed by atoms with van der Waals surface area (Å²) in [5.41, 5.74) is 1.91. The van der Waals surface area contributed by atoms with E-state index in [0.29, 0.717) is 22.6 Å². The zero-order valence-corrected chi connectivity index (χ0v) is 22.3. The molecule has 39 heavy (non-hydrogen) atoms. The van der Waals surface area contributed by atoms with Crippen LogP contribution in [0.15, 0.2) is 72.3 Å². The minimum atomic E-state index is -1.06. The molecule has 1 unspecified atom stereocenters. The van der Waals surface area contributed by atoms with Gasteiger partial charge in [0.25, 0.3) is 11.7 Å². The summed E-state index contributed by atoms with van der Waals surface area (Å²) < 4.78 is 10.8. The van der Waals surface area contributed by atoms with Gasteiger partial charge in [0, 0.05) is 12.6 Å². The smallest absolute Gasteiger partial charge is 0.308 e. The summed E-state index contributed by atoms with van der Waals surface area (Å²) >= 11 is 0. The maximum atomic E-state index is 13.6. The summed E-state index contributed by atoms with van der Waals surface area (Å²) in [5, 5.41) is 20.9. The van der Waals surface area contributed by atoms with E-state index in [1.807, 2.05) is 32.9 Å². The number of hydrogen-bond acceptors (Lipinski definition) is 7. The molecule has 1 fully saturated rings. The summed E-state index contributed by atoms with van der Waals surface area (Å²) in [5.74, 6) is -2.11. The average molecular weight is 525 g/mol. The lowest BCUT2D eigenvalue weighted by Crippen LogP contribution is -2.29. The molecular formula is C31H28N2O6. The van der Waals surface area contributed by atoms with Crippen molar-refractivity contribution in [1.29, 1.82) is 5.26 Å². The number of rotatable bonds is 5. The number of methoxy groups -OCH3 is 1. The maximum absolute atomic E-state index is 13.6. The van der Waals surface area contributed by atoms with Crippen molar-refractivity contribution in [3.8, 4) is 17.6 Å². The highest BCUT2D eigenvalue weighted by atomic mass is 16.5. The zero-order chi connectivity index (χ0) is 28.5. The predicted octanol–water partition coefficient (Wildman–Crippen LogP) is 5.42. The molecule has 0 radical (unpaired) electrons. The number of nitriles is 1. The summed E-state index contributed by atoms with van der Waals surface area (Å²) in [7, 11) is 1.46. The minimum Gasteiger partial charge on any atom is -0.507 e. The van der Waals surface area contributed by atoms with E-state index >= 15 is 0 Å². The zero-order valence-electron chi connectivity index (χ0n) is 22.3. The van der Waals surface area contributed by atoms with Crippen LogP contribution in [0.4, 0.5) is 5.69 Å². The van der Waals surface area contributed by atoms with Crippen molar-refractivity contribution in [3.63, 3.8) is 0 Å². The van der Waals surface area contributed by atoms with Crippen molar-refractivity contribution in [3.05, 3.63) is 94.6 Å². The molecule has 0 aromatic heterocycles. The first kappa shape index (κ1) is 27.1. The fraction of sp³-hybridized carbons (Fsp3) is 0.226. The SMILES string of the molecule is COc1ccc(C(C)(C)C)cc1/C(O)=C1\C(=O)C(=O)N(c2ccc(C#N)cc2)C1c1cccc(OC(C)=O)c1. The molecule has 0 spiro atoms. The average Bonchev–Trinajstić information content (AvgIpc) is 3.17. The molecule has 8 heteroatoms. The van der Waals surface area contributed by atoms with Crippen molar-refractivity contribution in [1.82, 2.24) is 0 Å². The van der Waals surface area contributed by atoms with Gasteiger partial charge in [-0.25, -0.2) is 0 Å². The summed E-state index contributed by atoms with van der Waals surface area (Å²) in [6.07, 6.45) is 0. The second kappa shape index (κ2) is 10.5. The van der Waals surface area contributed by atoms with Crippen LogP contribution < -0.4 is 14.4 Å². The molecule has 1 aliphatic heterocycles. The third-order valence-corrected chi connectivity index (χ3v) is 6.48. The van der Waals surface area contributed by atoms with Crippen LogP contribution >= 0.6 is 0 Å². The Balaban J connectivity index is 2.00. The Labute approximate surface area is 226 Å². The van der Waals surface area contributed by atoms with Crippen LogP contribution in [0.2, 0.25) is 0 Å². The van der Waals surface area contributed by atoms with Gasteiger partial charge in [-0.2, -0.15) is 5.26 Å². The highest BCUT2D eigenvalue weighted by Crippen LogP contribution is 2.44. The lowest BCUT2D eigenvalue weighted by atomic mass is 9.85. The number of nitrogens with zero attached hydrogens (tertiary/aromatic N) is 2. The number of carbonyl (C=O) groups is 3. The third-order valence-electron chi connectivity index (χ3n) is 6.48. The molecule has 1 aliphatic rings. The van der Waals surface area contributed by atoms with Gasteiger partial charge in [-0.15, -0.1) is 0 Å². The molecule has 198 valence electrons. The fourth-order valence-electron chi connectivity index (χ4n) is 4.53. The summed E-state index contributed by atoms with van der Waals surface area (Å²) in [6, 6.07) is 18.9. The van der Waals surface area contributed by atoms with E-state index in [9.17, 15) is 24.8 Å². The van der Waals surface area contributed by atoms with E-state index in [1.165, 1.54) is 31.1 Å². The number of Topliss-reactive ketones (excluding diaryl/α,β-unsaturated/α-hetero) is 1. The third kappa shape index (κ3) is 5.25. The molecule has 0 bridgehead atoms. The van der Waals surface area contributed by atoms with E-state index in [4.69, 9.17) is 9.47 Å². The van der Waals surface area contributed by atoms with Gasteiger partial charge in [0.1, 0.15) is 17.3 Å². The van der Waals surface area contributed by atoms with Crippen LogP contribution in [0.3, 0.4) is 0 Å². The summed E-state index contributed by atoms with van der Waals surface area (Å²) in [4.78, 5) is 39.9. The Bertz CT molecular complexity index is 1540. The predicted molar refractivity (Wildman–Crippen MR) is 145 cm³/mol. The molecule has 1 N–H and O–H groups in total. The van der Waals surface area contributed by atoms with Crippen molar-refractivity contribution in [2.24, 2.45) is 0 Å². The molecular weight excluding hydrogens is 496 g/mol. The maximum Gasteiger partial charge on any atom is 0.308 e. The Kier molecular flexibility index (Phi) is 7.28. The van der Waals surface area contributed by atoms with Gasteiger partial charge in [0.15, 0.2) is 0 Å². The topological polar surface area (TPSA) is 117 Å². The van der Waals surface area contributed by atoms with Crippen LogP contribution in [0.5, 0.6) is 11.5 Å². The molecule has 1 atom stereocenters. The van der Waals surface area contributed by atoms with Crippen molar-refractivity contribution < 1.29 is 29.0 Å². The van der Waals surface area contributed by atoms with Gasteiger partial charge in [0.05, 0.1) is 35.9 Å². The second-order valence-electron chi connectivity index (χ2n) is 10.2. The molecule has 1 amide bonds. The highest BCUT2D eigenvalue weighted by Gasteiger charge is 2.47. The normalized spacial score (nSPS) is 16.6. The van der Waals surface area contributed by atoms with Gasteiger partial charge in [-0.3, -0.25) is 19.3 Å². The number of aliphatic hydroxyl groups is 1. The second-order valence-corrected chi connectivity index (χ2v) is 10.2. The van der Waals surface area contributed by atoms with Crippen molar-refractivity contribution in [2.45, 2.75) is 39.2 Å². The van der Waals surface area contributed by atoms with Crippen LogP contribution in [0.1, 0.15) is 56.0 Å². The number of carbonyl (C=O) groups excluding carboxylic acids is 3. The van der Waals surface area contributed by atoms with Crippen molar-refractivity contribution >= 4 is 29.1 Å². The van der Waals surface area contributed by atoms with Crippen LogP contribution in [-0.4, -0.2) is 29.9 Å². The van der Waals surface area contributed by atoms with Gasteiger partial charge in [-0.05, 0) is 65.1 Å². The number of esters is 1. The van der Waals surface area contributed by atoms with Crippen LogP contribution in [0, 0.1) is 11.3 Å². The molecule has 1 heterocycles. The minimum absolute atomic E-state index is 0.145. The first-order valence-electron chi connectivity index (χ1n) is 12.2. The van der Waals surface area contributed by atoms with Gasteiger partial charge in [-0.1, -0.05) is 39.0 Å². The monoisotopic (exact) mass is 524 g/mol. The molecule has 4 rings (SSSR count). The Morgan fingerprint density at radius 1 is 1.03 bits per heavy atom. The number of ketones is 1. The van der Waals surface area contributed by atoms with E-state index in [-0.39, 0.29) is 22.3 Å². The quantitative estimate of drug-likeness (QED) is 0.156.